The average Bonchev–Trinajstić information content (AvgIpc) is 2.53. The van der Waals surface area contributed by atoms with Crippen molar-refractivity contribution in [3.05, 3.63) is 47.0 Å². The van der Waals surface area contributed by atoms with Gasteiger partial charge in [0.2, 0.25) is 0 Å². The number of benzene rings is 1. The normalized spacial score (nSPS) is 18.6. The molecule has 0 spiro atoms. The van der Waals surface area contributed by atoms with Gasteiger partial charge < -0.3 is 0 Å². The maximum atomic E-state index is 13.5. The largest absolute Gasteiger partial charge is 0.416 e. The molecule has 1 fully saturated rings. The molecule has 0 bridgehead atoms. The highest BCUT2D eigenvalue weighted by Crippen LogP contribution is 2.35. The second kappa shape index (κ2) is 8.12. The molecule has 1 atom stereocenters. The molecule has 1 aromatic carbocycles. The van der Waals surface area contributed by atoms with E-state index in [1.54, 1.807) is 12.1 Å². The van der Waals surface area contributed by atoms with Crippen LogP contribution in [-0.2, 0) is 11.6 Å². The predicted molar refractivity (Wildman–Crippen MR) is 98.0 cm³/mol. The van der Waals surface area contributed by atoms with Gasteiger partial charge in [0.25, 0.3) is 0 Å². The summed E-state index contributed by atoms with van der Waals surface area (Å²) in [6.45, 7) is 9.64. The molecule has 1 saturated heterocycles. The Morgan fingerprint density at radius 2 is 1.58 bits per heavy atom. The summed E-state index contributed by atoms with van der Waals surface area (Å²) >= 11 is 0. The summed E-state index contributed by atoms with van der Waals surface area (Å²) < 4.78 is 51.9. The van der Waals surface area contributed by atoms with Crippen molar-refractivity contribution in [1.29, 1.82) is 0 Å². The molecule has 0 N–H and O–H groups in total. The lowest BCUT2D eigenvalue weighted by atomic mass is 9.78. The van der Waals surface area contributed by atoms with E-state index in [1.165, 1.54) is 5.57 Å². The third kappa shape index (κ3) is 5.57. The summed E-state index contributed by atoms with van der Waals surface area (Å²) in [7, 11) is 0. The van der Waals surface area contributed by atoms with Crippen LogP contribution >= 0.6 is 0 Å². The third-order valence-corrected chi connectivity index (χ3v) is 5.17. The van der Waals surface area contributed by atoms with E-state index in [0.29, 0.717) is 12.8 Å². The molecule has 1 aliphatic rings. The number of nitrogens with zero attached hydrogens (tertiary/aromatic N) is 1. The van der Waals surface area contributed by atoms with Crippen LogP contribution in [0, 0.1) is 0 Å². The molecule has 0 aliphatic carbocycles. The van der Waals surface area contributed by atoms with Gasteiger partial charge in [-0.05, 0) is 56.2 Å². The zero-order valence-corrected chi connectivity index (χ0v) is 16.0. The van der Waals surface area contributed by atoms with Crippen LogP contribution in [-0.4, -0.2) is 30.2 Å². The molecular weight excluding hydrogens is 342 g/mol. The first-order valence-corrected chi connectivity index (χ1v) is 9.20. The fourth-order valence-corrected chi connectivity index (χ4v) is 3.63. The first-order chi connectivity index (χ1) is 12.0. The lowest BCUT2D eigenvalue weighted by Crippen LogP contribution is -2.43. The van der Waals surface area contributed by atoms with Crippen LogP contribution in [0.15, 0.2) is 35.9 Å². The van der Waals surface area contributed by atoms with E-state index in [-0.39, 0.29) is 11.5 Å². The lowest BCUT2D eigenvalue weighted by molar-refractivity contribution is -0.137. The zero-order chi connectivity index (χ0) is 19.5. The Labute approximate surface area is 154 Å². The van der Waals surface area contributed by atoms with Crippen LogP contribution < -0.4 is 0 Å². The molecular formula is C21H29F4N. The number of alkyl halides is 4. The number of allylic oxidation sites excluding steroid dienone is 1. The molecule has 0 aromatic heterocycles. The van der Waals surface area contributed by atoms with Gasteiger partial charge in [-0.15, -0.1) is 0 Å². The number of halogens is 4. The summed E-state index contributed by atoms with van der Waals surface area (Å²) in [4.78, 5) is 2.30. The monoisotopic (exact) mass is 371 g/mol. The third-order valence-electron chi connectivity index (χ3n) is 5.17. The van der Waals surface area contributed by atoms with Crippen LogP contribution in [0.1, 0.15) is 58.1 Å². The molecule has 2 rings (SSSR count). The summed E-state index contributed by atoms with van der Waals surface area (Å²) in [5, 5.41) is 0. The second-order valence-electron chi connectivity index (χ2n) is 8.19. The van der Waals surface area contributed by atoms with Crippen LogP contribution in [0.3, 0.4) is 0 Å². The van der Waals surface area contributed by atoms with Crippen LogP contribution in [0.25, 0.3) is 0 Å². The van der Waals surface area contributed by atoms with Crippen LogP contribution in [0.5, 0.6) is 0 Å². The Kier molecular flexibility index (Phi) is 6.54. The van der Waals surface area contributed by atoms with Crippen molar-refractivity contribution in [1.82, 2.24) is 4.90 Å². The van der Waals surface area contributed by atoms with Crippen molar-refractivity contribution in [2.45, 2.75) is 70.8 Å². The highest BCUT2D eigenvalue weighted by molar-refractivity contribution is 5.30. The minimum Gasteiger partial charge on any atom is -0.297 e. The first-order valence-electron chi connectivity index (χ1n) is 9.20. The molecule has 0 amide bonds. The SMILES string of the molecule is CC(C)=CC(CC(C)(C)c1ccc(C(F)(F)F)cc1)N1CCC(F)CC1. The minimum absolute atomic E-state index is 0.157. The van der Waals surface area contributed by atoms with Crippen molar-refractivity contribution in [3.63, 3.8) is 0 Å². The van der Waals surface area contributed by atoms with E-state index >= 15 is 0 Å². The van der Waals surface area contributed by atoms with Crippen molar-refractivity contribution >= 4 is 0 Å². The average molecular weight is 371 g/mol. The molecule has 1 heterocycles. The van der Waals surface area contributed by atoms with Gasteiger partial charge in [-0.25, -0.2) is 4.39 Å². The second-order valence-corrected chi connectivity index (χ2v) is 8.19. The van der Waals surface area contributed by atoms with Crippen molar-refractivity contribution < 1.29 is 17.6 Å². The molecule has 0 saturated carbocycles. The lowest BCUT2D eigenvalue weighted by Gasteiger charge is -2.39. The number of hydrogen-bond donors (Lipinski definition) is 0. The maximum absolute atomic E-state index is 13.5. The van der Waals surface area contributed by atoms with Gasteiger partial charge in [-0.2, -0.15) is 13.2 Å². The minimum atomic E-state index is -4.32. The van der Waals surface area contributed by atoms with Crippen molar-refractivity contribution in [2.75, 3.05) is 13.1 Å². The molecule has 1 nitrogen and oxygen atoms in total. The number of piperidine rings is 1. The fraction of sp³-hybridized carbons (Fsp3) is 0.619. The van der Waals surface area contributed by atoms with E-state index in [0.717, 1.165) is 37.2 Å². The summed E-state index contributed by atoms with van der Waals surface area (Å²) in [6.07, 6.45) is -0.960. The van der Waals surface area contributed by atoms with E-state index < -0.39 is 17.9 Å². The zero-order valence-electron chi connectivity index (χ0n) is 16.0. The summed E-state index contributed by atoms with van der Waals surface area (Å²) in [5.74, 6) is 0. The molecule has 26 heavy (non-hydrogen) atoms. The first kappa shape index (κ1) is 20.9. The highest BCUT2D eigenvalue weighted by atomic mass is 19.4. The Bertz CT molecular complexity index is 604. The van der Waals surface area contributed by atoms with Gasteiger partial charge in [0, 0.05) is 19.1 Å². The number of hydrogen-bond acceptors (Lipinski definition) is 1. The van der Waals surface area contributed by atoms with Gasteiger partial charge in [0.05, 0.1) is 5.56 Å². The van der Waals surface area contributed by atoms with Crippen molar-refractivity contribution in [2.24, 2.45) is 0 Å². The fourth-order valence-electron chi connectivity index (χ4n) is 3.63. The number of rotatable bonds is 5. The van der Waals surface area contributed by atoms with Crippen molar-refractivity contribution in [3.8, 4) is 0 Å². The highest BCUT2D eigenvalue weighted by Gasteiger charge is 2.33. The molecule has 146 valence electrons. The maximum Gasteiger partial charge on any atom is 0.416 e. The van der Waals surface area contributed by atoms with Gasteiger partial charge in [-0.1, -0.05) is 37.6 Å². The van der Waals surface area contributed by atoms with Gasteiger partial charge in [0.1, 0.15) is 6.17 Å². The quantitative estimate of drug-likeness (QED) is 0.444. The van der Waals surface area contributed by atoms with E-state index in [2.05, 4.69) is 24.8 Å². The Morgan fingerprint density at radius 1 is 1.08 bits per heavy atom. The van der Waals surface area contributed by atoms with E-state index in [9.17, 15) is 17.6 Å². The van der Waals surface area contributed by atoms with Crippen LogP contribution in [0.4, 0.5) is 17.6 Å². The Balaban J connectivity index is 2.18. The summed E-state index contributed by atoms with van der Waals surface area (Å²) in [5.41, 5.74) is 1.18. The molecule has 1 unspecified atom stereocenters. The standard InChI is InChI=1S/C21H29F4N/c1-15(2)13-19(26-11-9-18(22)10-12-26)14-20(3,4)16-5-7-17(8-6-16)21(23,24)25/h5-8,13,18-19H,9-12,14H2,1-4H3. The summed E-state index contributed by atoms with van der Waals surface area (Å²) in [6, 6.07) is 5.63. The van der Waals surface area contributed by atoms with Gasteiger partial charge >= 0.3 is 6.18 Å². The Morgan fingerprint density at radius 3 is 2.04 bits per heavy atom. The molecule has 1 aromatic rings. The van der Waals surface area contributed by atoms with Gasteiger partial charge in [0.15, 0.2) is 0 Å². The topological polar surface area (TPSA) is 3.24 Å². The number of likely N-dealkylation sites (tertiary alicyclic amines) is 1. The molecule has 5 heteroatoms. The van der Waals surface area contributed by atoms with Crippen LogP contribution in [0.2, 0.25) is 0 Å². The molecule has 1 aliphatic heterocycles. The smallest absolute Gasteiger partial charge is 0.297 e. The van der Waals surface area contributed by atoms with E-state index in [4.69, 9.17) is 0 Å². The predicted octanol–water partition coefficient (Wildman–Crippen LogP) is 6.14. The molecule has 0 radical (unpaired) electrons. The van der Waals surface area contributed by atoms with Gasteiger partial charge in [-0.3, -0.25) is 4.90 Å². The Hall–Kier alpha value is -1.36. The van der Waals surface area contributed by atoms with E-state index in [1.807, 2.05) is 13.8 Å².